The summed E-state index contributed by atoms with van der Waals surface area (Å²) in [6.45, 7) is 2.94. The van der Waals surface area contributed by atoms with Gasteiger partial charge in [0.25, 0.3) is 0 Å². The summed E-state index contributed by atoms with van der Waals surface area (Å²) >= 11 is 3.18. The van der Waals surface area contributed by atoms with Crippen LogP contribution in [0.3, 0.4) is 0 Å². The fraction of sp³-hybridized carbons (Fsp3) is 0.500. The Morgan fingerprint density at radius 3 is 2.56 bits per heavy atom. The van der Waals surface area contributed by atoms with Crippen LogP contribution in [0.4, 0.5) is 0 Å². The molecule has 0 radical (unpaired) electrons. The van der Waals surface area contributed by atoms with E-state index < -0.39 is 15.4 Å². The van der Waals surface area contributed by atoms with Gasteiger partial charge in [-0.25, -0.2) is 13.4 Å². The minimum atomic E-state index is -3.34. The molecule has 0 aliphatic rings. The van der Waals surface area contributed by atoms with E-state index in [1.807, 2.05) is 0 Å². The SMILES string of the molecule is CC(C)(O)CS(=O)(=O)Cc1cccc(Br)n1. The van der Waals surface area contributed by atoms with Crippen molar-refractivity contribution in [3.05, 3.63) is 28.5 Å². The molecule has 0 unspecified atom stereocenters. The molecule has 1 aromatic rings. The zero-order valence-corrected chi connectivity index (χ0v) is 11.5. The lowest BCUT2D eigenvalue weighted by molar-refractivity contribution is 0.105. The zero-order valence-electron chi connectivity index (χ0n) is 9.14. The zero-order chi connectivity index (χ0) is 12.4. The lowest BCUT2D eigenvalue weighted by atomic mass is 10.2. The molecule has 1 aromatic heterocycles. The van der Waals surface area contributed by atoms with Crippen LogP contribution in [0.1, 0.15) is 19.5 Å². The minimum Gasteiger partial charge on any atom is -0.389 e. The first-order valence-corrected chi connectivity index (χ1v) is 7.34. The van der Waals surface area contributed by atoms with Crippen molar-refractivity contribution < 1.29 is 13.5 Å². The van der Waals surface area contributed by atoms with Crippen LogP contribution in [0.25, 0.3) is 0 Å². The Hall–Kier alpha value is -0.460. The summed E-state index contributed by atoms with van der Waals surface area (Å²) in [6.07, 6.45) is 0. The lowest BCUT2D eigenvalue weighted by Gasteiger charge is -2.16. The summed E-state index contributed by atoms with van der Waals surface area (Å²) in [5.41, 5.74) is -0.746. The Kier molecular flexibility index (Phi) is 4.09. The smallest absolute Gasteiger partial charge is 0.158 e. The predicted molar refractivity (Wildman–Crippen MR) is 65.7 cm³/mol. The molecule has 1 heterocycles. The molecule has 0 bridgehead atoms. The quantitative estimate of drug-likeness (QED) is 0.857. The first-order valence-electron chi connectivity index (χ1n) is 4.72. The highest BCUT2D eigenvalue weighted by Crippen LogP contribution is 2.13. The number of aromatic nitrogens is 1. The van der Waals surface area contributed by atoms with Gasteiger partial charge in [-0.2, -0.15) is 0 Å². The fourth-order valence-corrected chi connectivity index (χ4v) is 3.52. The van der Waals surface area contributed by atoms with Crippen molar-refractivity contribution in [2.75, 3.05) is 5.75 Å². The van der Waals surface area contributed by atoms with Gasteiger partial charge in [0.1, 0.15) is 4.60 Å². The molecule has 16 heavy (non-hydrogen) atoms. The van der Waals surface area contributed by atoms with E-state index in [2.05, 4.69) is 20.9 Å². The maximum absolute atomic E-state index is 11.7. The highest BCUT2D eigenvalue weighted by molar-refractivity contribution is 9.10. The standard InChI is InChI=1S/C10H14BrNO3S/c1-10(2,13)7-16(14,15)6-8-4-3-5-9(11)12-8/h3-5,13H,6-7H2,1-2H3. The van der Waals surface area contributed by atoms with Crippen LogP contribution < -0.4 is 0 Å². The molecular formula is C10H14BrNO3S. The summed E-state index contributed by atoms with van der Waals surface area (Å²) < 4.78 is 24.0. The van der Waals surface area contributed by atoms with Gasteiger partial charge in [-0.3, -0.25) is 0 Å². The van der Waals surface area contributed by atoms with Gasteiger partial charge < -0.3 is 5.11 Å². The molecule has 0 aliphatic heterocycles. The third-order valence-corrected chi connectivity index (χ3v) is 4.04. The molecule has 0 aromatic carbocycles. The van der Waals surface area contributed by atoms with Gasteiger partial charge in [0.05, 0.1) is 22.8 Å². The second-order valence-corrected chi connectivity index (χ2v) is 7.17. The van der Waals surface area contributed by atoms with Gasteiger partial charge in [-0.05, 0) is 41.9 Å². The van der Waals surface area contributed by atoms with E-state index in [1.165, 1.54) is 13.8 Å². The van der Waals surface area contributed by atoms with Crippen molar-refractivity contribution in [3.8, 4) is 0 Å². The molecular weight excluding hydrogens is 294 g/mol. The topological polar surface area (TPSA) is 67.3 Å². The summed E-state index contributed by atoms with van der Waals surface area (Å²) in [5, 5.41) is 9.48. The molecule has 0 aliphatic carbocycles. The molecule has 4 nitrogen and oxygen atoms in total. The number of sulfone groups is 1. The Labute approximate surface area is 104 Å². The summed E-state index contributed by atoms with van der Waals surface area (Å²) in [6, 6.07) is 5.10. The second-order valence-electron chi connectivity index (χ2n) is 4.30. The third-order valence-electron chi connectivity index (χ3n) is 1.71. The van der Waals surface area contributed by atoms with Gasteiger partial charge in [0, 0.05) is 0 Å². The van der Waals surface area contributed by atoms with Gasteiger partial charge >= 0.3 is 0 Å². The Morgan fingerprint density at radius 2 is 2.06 bits per heavy atom. The molecule has 0 saturated carbocycles. The molecule has 0 amide bonds. The average Bonchev–Trinajstić information content (AvgIpc) is 1.96. The number of pyridine rings is 1. The number of hydrogen-bond acceptors (Lipinski definition) is 4. The first kappa shape index (κ1) is 13.6. The number of rotatable bonds is 4. The lowest BCUT2D eigenvalue weighted by Crippen LogP contribution is -2.30. The van der Waals surface area contributed by atoms with Crippen molar-refractivity contribution in [3.63, 3.8) is 0 Å². The van der Waals surface area contributed by atoms with E-state index in [9.17, 15) is 13.5 Å². The summed E-state index contributed by atoms with van der Waals surface area (Å²) in [5.74, 6) is -0.426. The van der Waals surface area contributed by atoms with Crippen LogP contribution in [0.2, 0.25) is 0 Å². The van der Waals surface area contributed by atoms with Gasteiger partial charge in [0.2, 0.25) is 0 Å². The number of hydrogen-bond donors (Lipinski definition) is 1. The maximum Gasteiger partial charge on any atom is 0.158 e. The van der Waals surface area contributed by atoms with Crippen molar-refractivity contribution in [1.29, 1.82) is 0 Å². The van der Waals surface area contributed by atoms with Crippen LogP contribution in [0.15, 0.2) is 22.8 Å². The number of nitrogens with zero attached hydrogens (tertiary/aromatic N) is 1. The van der Waals surface area contributed by atoms with E-state index in [4.69, 9.17) is 0 Å². The number of aliphatic hydroxyl groups is 1. The third kappa shape index (κ3) is 5.05. The average molecular weight is 308 g/mol. The van der Waals surface area contributed by atoms with Gasteiger partial charge in [0.15, 0.2) is 9.84 Å². The molecule has 0 spiro atoms. The van der Waals surface area contributed by atoms with Crippen molar-refractivity contribution in [2.45, 2.75) is 25.2 Å². The molecule has 0 saturated heterocycles. The molecule has 1 N–H and O–H groups in total. The Bertz CT molecular complexity index is 465. The summed E-state index contributed by atoms with van der Waals surface area (Å²) in [7, 11) is -3.34. The van der Waals surface area contributed by atoms with E-state index >= 15 is 0 Å². The van der Waals surface area contributed by atoms with Crippen molar-refractivity contribution in [2.24, 2.45) is 0 Å². The molecule has 90 valence electrons. The van der Waals surface area contributed by atoms with Crippen LogP contribution >= 0.6 is 15.9 Å². The Morgan fingerprint density at radius 1 is 1.44 bits per heavy atom. The maximum atomic E-state index is 11.7. The largest absolute Gasteiger partial charge is 0.389 e. The van der Waals surface area contributed by atoms with Crippen LogP contribution in [-0.2, 0) is 15.6 Å². The first-order chi connectivity index (χ1) is 7.18. The van der Waals surface area contributed by atoms with Crippen LogP contribution in [0, 0.1) is 0 Å². The van der Waals surface area contributed by atoms with Crippen molar-refractivity contribution >= 4 is 25.8 Å². The highest BCUT2D eigenvalue weighted by Gasteiger charge is 2.24. The molecule has 1 rings (SSSR count). The molecule has 0 atom stereocenters. The van der Waals surface area contributed by atoms with E-state index in [-0.39, 0.29) is 11.5 Å². The molecule has 6 heteroatoms. The van der Waals surface area contributed by atoms with E-state index in [0.717, 1.165) is 0 Å². The number of halogens is 1. The van der Waals surface area contributed by atoms with Crippen LogP contribution in [-0.4, -0.2) is 29.9 Å². The van der Waals surface area contributed by atoms with Crippen LogP contribution in [0.5, 0.6) is 0 Å². The fourth-order valence-electron chi connectivity index (χ4n) is 1.35. The van der Waals surface area contributed by atoms with Crippen molar-refractivity contribution in [1.82, 2.24) is 4.98 Å². The summed E-state index contributed by atoms with van der Waals surface area (Å²) in [4.78, 5) is 4.04. The second kappa shape index (κ2) is 4.81. The predicted octanol–water partition coefficient (Wildman–Crippen LogP) is 1.53. The normalized spacial score (nSPS) is 12.8. The molecule has 0 fully saturated rings. The van der Waals surface area contributed by atoms with E-state index in [0.29, 0.717) is 10.3 Å². The Balaban J connectivity index is 2.81. The van der Waals surface area contributed by atoms with Gasteiger partial charge in [-0.1, -0.05) is 6.07 Å². The van der Waals surface area contributed by atoms with E-state index in [1.54, 1.807) is 18.2 Å². The highest BCUT2D eigenvalue weighted by atomic mass is 79.9. The monoisotopic (exact) mass is 307 g/mol. The minimum absolute atomic E-state index is 0.156. The van der Waals surface area contributed by atoms with Gasteiger partial charge in [-0.15, -0.1) is 0 Å².